The van der Waals surface area contributed by atoms with Gasteiger partial charge in [-0.1, -0.05) is 6.07 Å². The van der Waals surface area contributed by atoms with Gasteiger partial charge in [0.25, 0.3) is 11.8 Å². The Labute approximate surface area is 169 Å². The second-order valence-electron chi connectivity index (χ2n) is 7.32. The zero-order valence-corrected chi connectivity index (χ0v) is 16.0. The van der Waals surface area contributed by atoms with Crippen molar-refractivity contribution < 1.29 is 28.2 Å². The van der Waals surface area contributed by atoms with Gasteiger partial charge >= 0.3 is 0 Å². The van der Waals surface area contributed by atoms with Gasteiger partial charge in [-0.25, -0.2) is 8.78 Å². The molecule has 0 spiro atoms. The fourth-order valence-electron chi connectivity index (χ4n) is 3.76. The molecule has 2 aliphatic rings. The zero-order valence-electron chi connectivity index (χ0n) is 16.0. The summed E-state index contributed by atoms with van der Waals surface area (Å²) in [4.78, 5) is 39.4. The molecule has 1 saturated heterocycles. The number of hydrogen-bond donors (Lipinski definition) is 2. The van der Waals surface area contributed by atoms with Gasteiger partial charge in [-0.3, -0.25) is 14.4 Å². The van der Waals surface area contributed by atoms with Crippen LogP contribution in [-0.4, -0.2) is 45.3 Å². The maximum absolute atomic E-state index is 13.8. The smallest absolute Gasteiger partial charge is 0.276 e. The number of carbonyl (C=O) groups is 2. The lowest BCUT2D eigenvalue weighted by Crippen LogP contribution is -2.57. The topological polar surface area (TPSA) is 101 Å². The van der Waals surface area contributed by atoms with Gasteiger partial charge in [-0.05, 0) is 19.4 Å². The SMILES string of the molecule is C[C@H]1CCOC2Cn3cc(C(=O)NCc4ccc(F)cc4F)c(=O)c(O)c3C(=O)N21. The summed E-state index contributed by atoms with van der Waals surface area (Å²) in [5.74, 6) is -3.82. The molecule has 3 heterocycles. The Morgan fingerprint density at radius 2 is 2.10 bits per heavy atom. The minimum Gasteiger partial charge on any atom is -0.503 e. The first-order chi connectivity index (χ1) is 14.3. The van der Waals surface area contributed by atoms with Gasteiger partial charge in [0.15, 0.2) is 17.7 Å². The van der Waals surface area contributed by atoms with Crippen LogP contribution in [-0.2, 0) is 17.8 Å². The lowest BCUT2D eigenvalue weighted by Gasteiger charge is -2.44. The summed E-state index contributed by atoms with van der Waals surface area (Å²) in [6, 6.07) is 2.79. The number of nitrogens with zero attached hydrogens (tertiary/aromatic N) is 2. The van der Waals surface area contributed by atoms with Gasteiger partial charge in [0.1, 0.15) is 17.2 Å². The quantitative estimate of drug-likeness (QED) is 0.782. The van der Waals surface area contributed by atoms with Crippen LogP contribution in [0.2, 0.25) is 0 Å². The van der Waals surface area contributed by atoms with Crippen LogP contribution < -0.4 is 10.7 Å². The van der Waals surface area contributed by atoms with E-state index in [0.29, 0.717) is 19.1 Å². The van der Waals surface area contributed by atoms with Crippen LogP contribution in [0.4, 0.5) is 8.78 Å². The molecule has 4 rings (SSSR count). The highest BCUT2D eigenvalue weighted by Gasteiger charge is 2.41. The van der Waals surface area contributed by atoms with E-state index in [9.17, 15) is 28.3 Å². The van der Waals surface area contributed by atoms with E-state index in [-0.39, 0.29) is 30.4 Å². The van der Waals surface area contributed by atoms with Crippen LogP contribution in [0.25, 0.3) is 0 Å². The predicted molar refractivity (Wildman–Crippen MR) is 99.9 cm³/mol. The van der Waals surface area contributed by atoms with Crippen molar-refractivity contribution >= 4 is 11.8 Å². The molecule has 10 heteroatoms. The minimum atomic E-state index is -1.00. The molecule has 0 bridgehead atoms. The van der Waals surface area contributed by atoms with E-state index in [2.05, 4.69) is 5.32 Å². The van der Waals surface area contributed by atoms with Gasteiger partial charge < -0.3 is 24.6 Å². The van der Waals surface area contributed by atoms with Crippen LogP contribution in [0.15, 0.2) is 29.2 Å². The first kappa shape index (κ1) is 20.0. The van der Waals surface area contributed by atoms with Crippen molar-refractivity contribution in [3.05, 3.63) is 63.1 Å². The molecule has 2 amide bonds. The van der Waals surface area contributed by atoms with Crippen molar-refractivity contribution in [1.82, 2.24) is 14.8 Å². The molecule has 1 aromatic carbocycles. The fourth-order valence-corrected chi connectivity index (χ4v) is 3.76. The molecule has 2 aromatic rings. The summed E-state index contributed by atoms with van der Waals surface area (Å²) in [6.07, 6.45) is 1.25. The summed E-state index contributed by atoms with van der Waals surface area (Å²) in [6.45, 7) is 2.18. The molecule has 0 aliphatic carbocycles. The third-order valence-corrected chi connectivity index (χ3v) is 5.38. The first-order valence-corrected chi connectivity index (χ1v) is 9.40. The molecule has 1 unspecified atom stereocenters. The van der Waals surface area contributed by atoms with Gasteiger partial charge in [0, 0.05) is 30.4 Å². The third-order valence-electron chi connectivity index (χ3n) is 5.38. The van der Waals surface area contributed by atoms with Gasteiger partial charge in [-0.2, -0.15) is 0 Å². The van der Waals surface area contributed by atoms with Crippen LogP contribution in [0.5, 0.6) is 5.75 Å². The lowest BCUT2D eigenvalue weighted by atomic mass is 10.1. The van der Waals surface area contributed by atoms with Gasteiger partial charge in [-0.15, -0.1) is 0 Å². The van der Waals surface area contributed by atoms with Crippen LogP contribution in [0.1, 0.15) is 39.8 Å². The molecule has 30 heavy (non-hydrogen) atoms. The molecule has 2 N–H and O–H groups in total. The molecule has 1 aromatic heterocycles. The Morgan fingerprint density at radius 1 is 1.33 bits per heavy atom. The van der Waals surface area contributed by atoms with Crippen molar-refractivity contribution in [2.45, 2.75) is 38.7 Å². The summed E-state index contributed by atoms with van der Waals surface area (Å²) >= 11 is 0. The molecule has 2 atom stereocenters. The molecule has 2 aliphatic heterocycles. The largest absolute Gasteiger partial charge is 0.503 e. The summed E-state index contributed by atoms with van der Waals surface area (Å²) in [5.41, 5.74) is -1.57. The van der Waals surface area contributed by atoms with Crippen molar-refractivity contribution in [2.75, 3.05) is 6.61 Å². The van der Waals surface area contributed by atoms with Crippen molar-refractivity contribution in [1.29, 1.82) is 0 Å². The van der Waals surface area contributed by atoms with Crippen molar-refractivity contribution in [3.8, 4) is 5.75 Å². The number of rotatable bonds is 3. The minimum absolute atomic E-state index is 0.0300. The number of ether oxygens (including phenoxy) is 1. The first-order valence-electron chi connectivity index (χ1n) is 9.40. The van der Waals surface area contributed by atoms with Crippen LogP contribution >= 0.6 is 0 Å². The molecule has 0 saturated carbocycles. The average Bonchev–Trinajstić information content (AvgIpc) is 2.69. The standard InChI is InChI=1S/C20H19F2N3O5/c1-10-4-5-30-15-9-24-8-13(17(26)18(27)16(24)20(29)25(10)15)19(28)23-7-11-2-3-12(21)6-14(11)22/h2-3,6,8,10,15,27H,4-5,7,9H2,1H3,(H,23,28)/t10-,15?/m0/s1. The Morgan fingerprint density at radius 3 is 2.83 bits per heavy atom. The van der Waals surface area contributed by atoms with E-state index >= 15 is 0 Å². The highest BCUT2D eigenvalue weighted by molar-refractivity contribution is 5.99. The summed E-state index contributed by atoms with van der Waals surface area (Å²) < 4.78 is 33.7. The third kappa shape index (κ3) is 3.32. The van der Waals surface area contributed by atoms with Crippen molar-refractivity contribution in [2.24, 2.45) is 0 Å². The lowest BCUT2D eigenvalue weighted by molar-refractivity contribution is -0.112. The number of nitrogens with one attached hydrogen (secondary N) is 1. The van der Waals surface area contributed by atoms with E-state index in [1.165, 1.54) is 21.7 Å². The highest BCUT2D eigenvalue weighted by Crippen LogP contribution is 2.29. The number of amides is 2. The fraction of sp³-hybridized carbons (Fsp3) is 0.350. The number of fused-ring (bicyclic) bond motifs is 2. The van der Waals surface area contributed by atoms with E-state index in [1.807, 2.05) is 6.92 Å². The van der Waals surface area contributed by atoms with E-state index in [1.54, 1.807) is 0 Å². The Hall–Kier alpha value is -3.27. The number of carbonyl (C=O) groups excluding carboxylic acids is 2. The van der Waals surface area contributed by atoms with Gasteiger partial charge in [0.2, 0.25) is 5.43 Å². The Balaban J connectivity index is 1.63. The zero-order chi connectivity index (χ0) is 21.6. The molecule has 158 valence electrons. The number of benzene rings is 1. The highest BCUT2D eigenvalue weighted by atomic mass is 19.1. The van der Waals surface area contributed by atoms with Crippen LogP contribution in [0, 0.1) is 11.6 Å². The summed E-state index contributed by atoms with van der Waals surface area (Å²) in [5, 5.41) is 12.7. The monoisotopic (exact) mass is 419 g/mol. The van der Waals surface area contributed by atoms with Gasteiger partial charge in [0.05, 0.1) is 13.2 Å². The molecule has 1 fully saturated rings. The van der Waals surface area contributed by atoms with E-state index < -0.39 is 46.4 Å². The molecule has 8 nitrogen and oxygen atoms in total. The Kier molecular flexibility index (Phi) is 5.02. The maximum atomic E-state index is 13.8. The average molecular weight is 419 g/mol. The second-order valence-corrected chi connectivity index (χ2v) is 7.32. The number of pyridine rings is 1. The normalized spacial score (nSPS) is 20.5. The van der Waals surface area contributed by atoms with Crippen LogP contribution in [0.3, 0.4) is 0 Å². The van der Waals surface area contributed by atoms with E-state index in [0.717, 1.165) is 6.07 Å². The summed E-state index contributed by atoms with van der Waals surface area (Å²) in [7, 11) is 0. The van der Waals surface area contributed by atoms with Crippen molar-refractivity contribution in [3.63, 3.8) is 0 Å². The predicted octanol–water partition coefficient (Wildman–Crippen LogP) is 1.35. The maximum Gasteiger partial charge on any atom is 0.276 e. The number of aromatic nitrogens is 1. The number of aromatic hydroxyl groups is 1. The molecular formula is C20H19F2N3O5. The Bertz CT molecular complexity index is 1100. The second kappa shape index (κ2) is 7.52. The number of hydrogen-bond acceptors (Lipinski definition) is 5. The molecule has 0 radical (unpaired) electrons. The molecular weight excluding hydrogens is 400 g/mol. The number of halogens is 2. The van der Waals surface area contributed by atoms with E-state index in [4.69, 9.17) is 4.74 Å².